The number of rotatable bonds is 2. The second kappa shape index (κ2) is 5.03. The van der Waals surface area contributed by atoms with E-state index in [1.54, 1.807) is 13.0 Å². The quantitative estimate of drug-likeness (QED) is 0.660. The van der Waals surface area contributed by atoms with Crippen LogP contribution >= 0.6 is 0 Å². The van der Waals surface area contributed by atoms with Crippen LogP contribution in [-0.2, 0) is 0 Å². The molecule has 0 radical (unpaired) electrons. The first-order valence-electron chi connectivity index (χ1n) is 5.67. The maximum atomic E-state index is 13.4. The van der Waals surface area contributed by atoms with E-state index in [1.165, 1.54) is 18.2 Å². The van der Waals surface area contributed by atoms with Crippen LogP contribution in [0, 0.1) is 12.7 Å². The molecule has 0 saturated heterocycles. The van der Waals surface area contributed by atoms with Gasteiger partial charge in [0.15, 0.2) is 0 Å². The van der Waals surface area contributed by atoms with E-state index in [2.05, 4.69) is 4.74 Å². The lowest BCUT2D eigenvalue weighted by molar-refractivity contribution is -0.274. The van der Waals surface area contributed by atoms with Crippen LogP contribution in [-0.4, -0.2) is 6.36 Å². The van der Waals surface area contributed by atoms with Gasteiger partial charge in [0.05, 0.1) is 0 Å². The van der Waals surface area contributed by atoms with Crippen molar-refractivity contribution in [3.8, 4) is 16.9 Å². The minimum absolute atomic E-state index is 0.240. The molecule has 6 heteroatoms. The molecule has 106 valence electrons. The van der Waals surface area contributed by atoms with Crippen molar-refractivity contribution in [1.82, 2.24) is 0 Å². The molecule has 2 aromatic carbocycles. The van der Waals surface area contributed by atoms with Crippen molar-refractivity contribution in [2.24, 2.45) is 0 Å². The molecule has 0 aliphatic carbocycles. The van der Waals surface area contributed by atoms with E-state index >= 15 is 0 Å². The van der Waals surface area contributed by atoms with Gasteiger partial charge in [0.2, 0.25) is 0 Å². The number of benzene rings is 2. The summed E-state index contributed by atoms with van der Waals surface area (Å²) in [5, 5.41) is 0. The summed E-state index contributed by atoms with van der Waals surface area (Å²) < 4.78 is 53.8. The molecule has 0 saturated carbocycles. The van der Waals surface area contributed by atoms with Crippen LogP contribution in [0.4, 0.5) is 23.2 Å². The molecule has 0 amide bonds. The number of nitrogen functional groups attached to an aromatic ring is 1. The molecule has 0 spiro atoms. The predicted molar refractivity (Wildman–Crippen MR) is 67.7 cm³/mol. The van der Waals surface area contributed by atoms with Crippen LogP contribution in [0.15, 0.2) is 36.4 Å². The third-order valence-corrected chi connectivity index (χ3v) is 2.61. The SMILES string of the molecule is Cc1cc(F)cc(-c2cc(OC(F)(F)F)ccc2N)c1. The summed E-state index contributed by atoms with van der Waals surface area (Å²) in [4.78, 5) is 0. The van der Waals surface area contributed by atoms with E-state index in [0.717, 1.165) is 12.1 Å². The second-order valence-corrected chi connectivity index (χ2v) is 4.31. The summed E-state index contributed by atoms with van der Waals surface area (Å²) in [7, 11) is 0. The van der Waals surface area contributed by atoms with Crippen molar-refractivity contribution < 1.29 is 22.3 Å². The topological polar surface area (TPSA) is 35.2 Å². The minimum atomic E-state index is -4.79. The molecule has 2 N–H and O–H groups in total. The Morgan fingerprint density at radius 2 is 1.75 bits per heavy atom. The van der Waals surface area contributed by atoms with Crippen LogP contribution in [0.25, 0.3) is 11.1 Å². The fraction of sp³-hybridized carbons (Fsp3) is 0.143. The van der Waals surface area contributed by atoms with E-state index in [0.29, 0.717) is 11.1 Å². The molecule has 0 fully saturated rings. The summed E-state index contributed by atoms with van der Waals surface area (Å²) >= 11 is 0. The smallest absolute Gasteiger partial charge is 0.406 e. The minimum Gasteiger partial charge on any atom is -0.406 e. The monoisotopic (exact) mass is 285 g/mol. The molecule has 20 heavy (non-hydrogen) atoms. The highest BCUT2D eigenvalue weighted by atomic mass is 19.4. The molecule has 0 aliphatic heterocycles. The Labute approximate surface area is 112 Å². The highest BCUT2D eigenvalue weighted by Gasteiger charge is 2.31. The van der Waals surface area contributed by atoms with Gasteiger partial charge in [-0.3, -0.25) is 0 Å². The van der Waals surface area contributed by atoms with Gasteiger partial charge >= 0.3 is 6.36 Å². The summed E-state index contributed by atoms with van der Waals surface area (Å²) in [6.45, 7) is 1.68. The maximum Gasteiger partial charge on any atom is 0.573 e. The van der Waals surface area contributed by atoms with Gasteiger partial charge in [-0.15, -0.1) is 13.2 Å². The maximum absolute atomic E-state index is 13.4. The number of alkyl halides is 3. The second-order valence-electron chi connectivity index (χ2n) is 4.31. The van der Waals surface area contributed by atoms with Crippen LogP contribution in [0.5, 0.6) is 5.75 Å². The van der Waals surface area contributed by atoms with Gasteiger partial charge in [-0.05, 0) is 48.4 Å². The normalized spacial score (nSPS) is 11.4. The van der Waals surface area contributed by atoms with E-state index in [-0.39, 0.29) is 11.3 Å². The van der Waals surface area contributed by atoms with Crippen molar-refractivity contribution >= 4 is 5.69 Å². The van der Waals surface area contributed by atoms with E-state index in [1.807, 2.05) is 0 Å². The Balaban J connectivity index is 2.47. The van der Waals surface area contributed by atoms with Gasteiger partial charge < -0.3 is 10.5 Å². The average Bonchev–Trinajstić information content (AvgIpc) is 2.28. The summed E-state index contributed by atoms with van der Waals surface area (Å²) in [5.74, 6) is -0.884. The molecule has 0 bridgehead atoms. The van der Waals surface area contributed by atoms with Gasteiger partial charge in [0.25, 0.3) is 0 Å². The molecule has 2 rings (SSSR count). The summed E-state index contributed by atoms with van der Waals surface area (Å²) in [5.41, 5.74) is 7.29. The summed E-state index contributed by atoms with van der Waals surface area (Å²) in [6, 6.07) is 7.68. The molecule has 0 aromatic heterocycles. The van der Waals surface area contributed by atoms with E-state index in [4.69, 9.17) is 5.73 Å². The van der Waals surface area contributed by atoms with Gasteiger partial charge in [0, 0.05) is 11.3 Å². The van der Waals surface area contributed by atoms with Crippen molar-refractivity contribution in [3.05, 3.63) is 47.8 Å². The standard InChI is InChI=1S/C14H11F4NO/c1-8-4-9(6-10(15)5-8)12-7-11(2-3-13(12)19)20-14(16,17)18/h2-7H,19H2,1H3. The largest absolute Gasteiger partial charge is 0.573 e. The number of halogens is 4. The van der Waals surface area contributed by atoms with E-state index < -0.39 is 17.9 Å². The van der Waals surface area contributed by atoms with Crippen LogP contribution in [0.3, 0.4) is 0 Å². The van der Waals surface area contributed by atoms with Crippen LogP contribution in [0.1, 0.15) is 5.56 Å². The Hall–Kier alpha value is -2.24. The number of anilines is 1. The number of hydrogen-bond donors (Lipinski definition) is 1. The van der Waals surface area contributed by atoms with Crippen LogP contribution < -0.4 is 10.5 Å². The van der Waals surface area contributed by atoms with Gasteiger partial charge in [-0.2, -0.15) is 0 Å². The first-order valence-corrected chi connectivity index (χ1v) is 5.67. The first-order chi connectivity index (χ1) is 9.24. The Bertz CT molecular complexity index is 617. The Morgan fingerprint density at radius 1 is 1.05 bits per heavy atom. The lowest BCUT2D eigenvalue weighted by Gasteiger charge is -2.12. The Morgan fingerprint density at radius 3 is 2.35 bits per heavy atom. The molecule has 0 atom stereocenters. The fourth-order valence-electron chi connectivity index (χ4n) is 1.87. The van der Waals surface area contributed by atoms with Gasteiger partial charge in [-0.25, -0.2) is 4.39 Å². The molecular weight excluding hydrogens is 274 g/mol. The lowest BCUT2D eigenvalue weighted by atomic mass is 10.0. The number of hydrogen-bond acceptors (Lipinski definition) is 2. The van der Waals surface area contributed by atoms with Crippen molar-refractivity contribution in [3.63, 3.8) is 0 Å². The zero-order chi connectivity index (χ0) is 14.9. The molecule has 0 heterocycles. The third kappa shape index (κ3) is 3.40. The van der Waals surface area contributed by atoms with E-state index in [9.17, 15) is 17.6 Å². The zero-order valence-corrected chi connectivity index (χ0v) is 10.5. The molecule has 0 aliphatic rings. The van der Waals surface area contributed by atoms with Crippen molar-refractivity contribution in [2.45, 2.75) is 13.3 Å². The fourth-order valence-corrected chi connectivity index (χ4v) is 1.87. The highest BCUT2D eigenvalue weighted by Crippen LogP contribution is 2.33. The molecular formula is C14H11F4NO. The average molecular weight is 285 g/mol. The molecule has 2 nitrogen and oxygen atoms in total. The molecule has 2 aromatic rings. The Kier molecular flexibility index (Phi) is 3.57. The number of ether oxygens (including phenoxy) is 1. The van der Waals surface area contributed by atoms with Gasteiger partial charge in [0.1, 0.15) is 11.6 Å². The number of nitrogens with two attached hydrogens (primary N) is 1. The third-order valence-electron chi connectivity index (χ3n) is 2.61. The summed E-state index contributed by atoms with van der Waals surface area (Å²) in [6.07, 6.45) is -4.79. The van der Waals surface area contributed by atoms with Crippen molar-refractivity contribution in [1.29, 1.82) is 0 Å². The van der Waals surface area contributed by atoms with Crippen molar-refractivity contribution in [2.75, 3.05) is 5.73 Å². The molecule has 0 unspecified atom stereocenters. The lowest BCUT2D eigenvalue weighted by Crippen LogP contribution is -2.17. The van der Waals surface area contributed by atoms with Crippen LogP contribution in [0.2, 0.25) is 0 Å². The first kappa shape index (κ1) is 14.2. The highest BCUT2D eigenvalue weighted by molar-refractivity contribution is 5.78. The number of aryl methyl sites for hydroxylation is 1. The zero-order valence-electron chi connectivity index (χ0n) is 10.5. The van der Waals surface area contributed by atoms with Gasteiger partial charge in [-0.1, -0.05) is 6.07 Å². The predicted octanol–water partition coefficient (Wildman–Crippen LogP) is 4.28.